The Balaban J connectivity index is 2.10. The van der Waals surface area contributed by atoms with E-state index in [0.717, 1.165) is 12.8 Å². The van der Waals surface area contributed by atoms with Crippen LogP contribution < -0.4 is 0 Å². The summed E-state index contributed by atoms with van der Waals surface area (Å²) in [5, 5.41) is 11.6. The maximum Gasteiger partial charge on any atom is 0.300 e. The number of hydrogen-bond acceptors (Lipinski definition) is 4. The minimum absolute atomic E-state index is 0.00193. The summed E-state index contributed by atoms with van der Waals surface area (Å²) in [6.45, 7) is 2.03. The lowest BCUT2D eigenvalue weighted by atomic mass is 9.88. The highest BCUT2D eigenvalue weighted by Gasteiger charge is 2.37. The molecule has 3 rings (SSSR count). The number of carbonyl (C=O) groups excluding carboxylic acids is 1. The number of Topliss-reactive ketones (excluding diaryl/α,β-unsaturated/α-hetero) is 1. The average molecular weight is 322 g/mol. The molecule has 0 fully saturated rings. The predicted molar refractivity (Wildman–Crippen MR) is 92.5 cm³/mol. The lowest BCUT2D eigenvalue weighted by Crippen LogP contribution is -2.16. The van der Waals surface area contributed by atoms with Gasteiger partial charge in [0.05, 0.1) is 16.2 Å². The number of carbonyl (C=O) groups is 1. The van der Waals surface area contributed by atoms with E-state index >= 15 is 0 Å². The van der Waals surface area contributed by atoms with E-state index in [-0.39, 0.29) is 11.5 Å². The van der Waals surface area contributed by atoms with Crippen LogP contribution in [0.1, 0.15) is 43.0 Å². The molecule has 1 heterocycles. The monoisotopic (exact) mass is 322 g/mol. The third-order valence-electron chi connectivity index (χ3n) is 4.18. The zero-order valence-corrected chi connectivity index (χ0v) is 13.5. The van der Waals surface area contributed by atoms with Gasteiger partial charge in [-0.05, 0) is 25.3 Å². The van der Waals surface area contributed by atoms with E-state index < -0.39 is 4.92 Å². The van der Waals surface area contributed by atoms with Crippen LogP contribution in [-0.2, 0) is 0 Å². The van der Waals surface area contributed by atoms with E-state index in [4.69, 9.17) is 0 Å². The summed E-state index contributed by atoms with van der Waals surface area (Å²) in [5.41, 5.74) is 2.43. The van der Waals surface area contributed by atoms with Crippen LogP contribution >= 0.6 is 0 Å². The molecule has 0 radical (unpaired) electrons. The molecule has 24 heavy (non-hydrogen) atoms. The van der Waals surface area contributed by atoms with Gasteiger partial charge in [-0.3, -0.25) is 14.9 Å². The molecule has 0 saturated heterocycles. The minimum atomic E-state index is -0.395. The summed E-state index contributed by atoms with van der Waals surface area (Å²) in [7, 11) is 0. The third kappa shape index (κ3) is 2.85. The zero-order valence-electron chi connectivity index (χ0n) is 13.5. The number of nitrogens with zero attached hydrogens (tertiary/aromatic N) is 2. The Kier molecular flexibility index (Phi) is 4.51. The van der Waals surface area contributed by atoms with Crippen LogP contribution in [0.3, 0.4) is 0 Å². The molecule has 5 heteroatoms. The molecule has 0 saturated carbocycles. The van der Waals surface area contributed by atoms with Crippen LogP contribution in [0.4, 0.5) is 0 Å². The molecular formula is C19H18N2O3. The molecule has 5 nitrogen and oxygen atoms in total. The molecule has 2 aliphatic rings. The van der Waals surface area contributed by atoms with E-state index in [1.807, 2.05) is 19.1 Å². The zero-order chi connectivity index (χ0) is 17.1. The van der Waals surface area contributed by atoms with Gasteiger partial charge in [-0.1, -0.05) is 49.8 Å². The molecule has 1 aromatic rings. The maximum atomic E-state index is 12.8. The predicted octanol–water partition coefficient (Wildman–Crippen LogP) is 4.26. The fourth-order valence-electron chi connectivity index (χ4n) is 3.01. The van der Waals surface area contributed by atoms with Crippen molar-refractivity contribution in [3.63, 3.8) is 0 Å². The van der Waals surface area contributed by atoms with Crippen molar-refractivity contribution in [2.75, 3.05) is 0 Å². The number of benzene rings is 1. The molecule has 0 spiro atoms. The summed E-state index contributed by atoms with van der Waals surface area (Å²) in [6, 6.07) is 8.87. The van der Waals surface area contributed by atoms with Crippen molar-refractivity contribution < 1.29 is 9.72 Å². The summed E-state index contributed by atoms with van der Waals surface area (Å²) in [4.78, 5) is 28.5. The molecule has 0 atom stereocenters. The molecule has 0 amide bonds. The van der Waals surface area contributed by atoms with Gasteiger partial charge in [-0.2, -0.15) is 0 Å². The Morgan fingerprint density at radius 3 is 2.71 bits per heavy atom. The summed E-state index contributed by atoms with van der Waals surface area (Å²) in [5.74, 6) is -0.168. The minimum Gasteiger partial charge on any atom is -0.289 e. The van der Waals surface area contributed by atoms with Crippen molar-refractivity contribution >= 4 is 11.5 Å². The van der Waals surface area contributed by atoms with Gasteiger partial charge in [0.25, 0.3) is 5.70 Å². The average Bonchev–Trinajstić information content (AvgIpc) is 2.98. The van der Waals surface area contributed by atoms with E-state index in [1.54, 1.807) is 30.3 Å². The SMILES string of the molecule is CCCCC1=C([N+](=O)[O-])C2=C(C(=O)c3ccccc3)CC=CC2=N1. The van der Waals surface area contributed by atoms with Crippen molar-refractivity contribution in [1.82, 2.24) is 0 Å². The van der Waals surface area contributed by atoms with Gasteiger partial charge in [0.15, 0.2) is 5.78 Å². The smallest absolute Gasteiger partial charge is 0.289 e. The first-order valence-electron chi connectivity index (χ1n) is 8.10. The standard InChI is InChI=1S/C19H18N2O3/c1-2-3-11-16-18(21(23)24)17-14(10-7-12-15(17)20-16)19(22)13-8-5-4-6-9-13/h4-9,12H,2-3,10-11H2,1H3. The number of rotatable bonds is 6. The van der Waals surface area contributed by atoms with Crippen molar-refractivity contribution in [3.05, 3.63) is 80.7 Å². The van der Waals surface area contributed by atoms with Gasteiger partial charge in [0.1, 0.15) is 5.70 Å². The number of fused-ring (bicyclic) bond motifs is 1. The Hall–Kier alpha value is -2.82. The van der Waals surface area contributed by atoms with Gasteiger partial charge in [0.2, 0.25) is 0 Å². The van der Waals surface area contributed by atoms with Crippen molar-refractivity contribution in [3.8, 4) is 0 Å². The third-order valence-corrected chi connectivity index (χ3v) is 4.18. The fraction of sp³-hybridized carbons (Fsp3) is 0.263. The highest BCUT2D eigenvalue weighted by Crippen LogP contribution is 2.36. The lowest BCUT2D eigenvalue weighted by Gasteiger charge is -2.12. The van der Waals surface area contributed by atoms with Crippen molar-refractivity contribution in [2.24, 2.45) is 4.99 Å². The lowest BCUT2D eigenvalue weighted by molar-refractivity contribution is -0.421. The Morgan fingerprint density at radius 1 is 1.29 bits per heavy atom. The Morgan fingerprint density at radius 2 is 2.04 bits per heavy atom. The maximum absolute atomic E-state index is 12.8. The second-order valence-electron chi connectivity index (χ2n) is 5.81. The van der Waals surface area contributed by atoms with Gasteiger partial charge in [-0.15, -0.1) is 0 Å². The van der Waals surface area contributed by atoms with E-state index in [2.05, 4.69) is 4.99 Å². The molecular weight excluding hydrogens is 304 g/mol. The second kappa shape index (κ2) is 6.74. The fourth-order valence-corrected chi connectivity index (χ4v) is 3.01. The highest BCUT2D eigenvalue weighted by molar-refractivity contribution is 6.22. The van der Waals surface area contributed by atoms with Crippen LogP contribution in [0.5, 0.6) is 0 Å². The van der Waals surface area contributed by atoms with E-state index in [0.29, 0.717) is 41.0 Å². The van der Waals surface area contributed by atoms with Crippen LogP contribution in [0.15, 0.2) is 70.0 Å². The van der Waals surface area contributed by atoms with Gasteiger partial charge in [0, 0.05) is 11.1 Å². The first-order chi connectivity index (χ1) is 11.6. The number of aliphatic imine (C=N–C) groups is 1. The Bertz CT molecular complexity index is 814. The van der Waals surface area contributed by atoms with Gasteiger partial charge in [-0.25, -0.2) is 4.99 Å². The summed E-state index contributed by atoms with van der Waals surface area (Å²) in [6.07, 6.45) is 6.34. The first kappa shape index (κ1) is 16.1. The van der Waals surface area contributed by atoms with Crippen molar-refractivity contribution in [2.45, 2.75) is 32.6 Å². The molecule has 122 valence electrons. The number of hydrogen-bond donors (Lipinski definition) is 0. The summed E-state index contributed by atoms with van der Waals surface area (Å²) < 4.78 is 0. The molecule has 0 bridgehead atoms. The van der Waals surface area contributed by atoms with Crippen LogP contribution in [-0.4, -0.2) is 16.4 Å². The molecule has 1 aliphatic heterocycles. The number of unbranched alkanes of at least 4 members (excludes halogenated alkanes) is 1. The molecule has 0 aromatic heterocycles. The largest absolute Gasteiger partial charge is 0.300 e. The van der Waals surface area contributed by atoms with Crippen molar-refractivity contribution in [1.29, 1.82) is 0 Å². The van der Waals surface area contributed by atoms with Gasteiger partial charge >= 0.3 is 0 Å². The number of nitro groups is 1. The topological polar surface area (TPSA) is 72.6 Å². The molecule has 0 unspecified atom stereocenters. The van der Waals surface area contributed by atoms with Gasteiger partial charge < -0.3 is 0 Å². The highest BCUT2D eigenvalue weighted by atomic mass is 16.6. The van der Waals surface area contributed by atoms with Crippen LogP contribution in [0.2, 0.25) is 0 Å². The molecule has 1 aliphatic carbocycles. The van der Waals surface area contributed by atoms with E-state index in [9.17, 15) is 14.9 Å². The Labute approximate surface area is 140 Å². The number of allylic oxidation sites excluding steroid dienone is 5. The molecule has 1 aromatic carbocycles. The first-order valence-corrected chi connectivity index (χ1v) is 8.10. The quantitative estimate of drug-likeness (QED) is 0.446. The van der Waals surface area contributed by atoms with E-state index in [1.165, 1.54) is 0 Å². The van der Waals surface area contributed by atoms with Crippen LogP contribution in [0.25, 0.3) is 0 Å². The molecule has 0 N–H and O–H groups in total. The van der Waals surface area contributed by atoms with Crippen LogP contribution in [0, 0.1) is 10.1 Å². The number of ketones is 1. The second-order valence-corrected chi connectivity index (χ2v) is 5.81. The summed E-state index contributed by atoms with van der Waals surface area (Å²) >= 11 is 0. The normalized spacial score (nSPS) is 16.3.